The number of nitrogens with one attached hydrogen (secondary N) is 1. The largest absolute Gasteiger partial charge is 0.488 e. The standard InChI is InChI=1S/C21H21FN4O/c22-18-10-14(7-8-17(18)19-12-26-21(23)13-25-19)16-5-1-2-6-20(16)27-15-4-3-9-24-11-15/h1-2,5-8,10,12-13,15,24H,3-4,9,11H2,(H2,23,26). The van der Waals surface area contributed by atoms with Crippen LogP contribution < -0.4 is 15.8 Å². The molecule has 27 heavy (non-hydrogen) atoms. The van der Waals surface area contributed by atoms with Crippen LogP contribution in [0.1, 0.15) is 12.8 Å². The number of nitrogen functional groups attached to an aromatic ring is 1. The number of anilines is 1. The van der Waals surface area contributed by atoms with Gasteiger partial charge in [0.05, 0.1) is 18.1 Å². The summed E-state index contributed by atoms with van der Waals surface area (Å²) < 4.78 is 21.0. The van der Waals surface area contributed by atoms with Gasteiger partial charge in [-0.3, -0.25) is 4.98 Å². The summed E-state index contributed by atoms with van der Waals surface area (Å²) >= 11 is 0. The molecule has 5 nitrogen and oxygen atoms in total. The van der Waals surface area contributed by atoms with Crippen LogP contribution in [0.4, 0.5) is 10.2 Å². The van der Waals surface area contributed by atoms with Crippen molar-refractivity contribution in [1.82, 2.24) is 15.3 Å². The third kappa shape index (κ3) is 3.90. The molecule has 0 amide bonds. The van der Waals surface area contributed by atoms with Crippen molar-refractivity contribution in [3.63, 3.8) is 0 Å². The molecule has 0 radical (unpaired) electrons. The molecule has 1 aliphatic heterocycles. The summed E-state index contributed by atoms with van der Waals surface area (Å²) in [7, 11) is 0. The number of halogens is 1. The second-order valence-electron chi connectivity index (χ2n) is 6.60. The van der Waals surface area contributed by atoms with Crippen molar-refractivity contribution in [2.45, 2.75) is 18.9 Å². The van der Waals surface area contributed by atoms with Crippen molar-refractivity contribution in [2.24, 2.45) is 0 Å². The molecular weight excluding hydrogens is 343 g/mol. The monoisotopic (exact) mass is 364 g/mol. The lowest BCUT2D eigenvalue weighted by molar-refractivity contribution is 0.168. The van der Waals surface area contributed by atoms with E-state index in [-0.39, 0.29) is 11.9 Å². The van der Waals surface area contributed by atoms with E-state index < -0.39 is 0 Å². The van der Waals surface area contributed by atoms with E-state index in [0.717, 1.165) is 42.8 Å². The molecule has 3 aromatic rings. The topological polar surface area (TPSA) is 73.1 Å². The molecule has 1 aromatic heterocycles. The fraction of sp³-hybridized carbons (Fsp3) is 0.238. The number of para-hydroxylation sites is 1. The van der Waals surface area contributed by atoms with Gasteiger partial charge in [0.25, 0.3) is 0 Å². The van der Waals surface area contributed by atoms with Crippen LogP contribution in [0.5, 0.6) is 5.75 Å². The molecule has 0 bridgehead atoms. The van der Waals surface area contributed by atoms with E-state index in [1.807, 2.05) is 30.3 Å². The number of nitrogens with zero attached hydrogens (tertiary/aromatic N) is 2. The number of ether oxygens (including phenoxy) is 1. The van der Waals surface area contributed by atoms with Gasteiger partial charge in [0, 0.05) is 17.7 Å². The Morgan fingerprint density at radius 1 is 1.07 bits per heavy atom. The maximum Gasteiger partial charge on any atom is 0.141 e. The van der Waals surface area contributed by atoms with Gasteiger partial charge < -0.3 is 15.8 Å². The Morgan fingerprint density at radius 3 is 2.70 bits per heavy atom. The normalized spacial score (nSPS) is 16.9. The lowest BCUT2D eigenvalue weighted by Crippen LogP contribution is -2.37. The van der Waals surface area contributed by atoms with E-state index in [1.165, 1.54) is 18.5 Å². The first-order valence-electron chi connectivity index (χ1n) is 9.05. The Bertz CT molecular complexity index is 924. The predicted molar refractivity (Wildman–Crippen MR) is 104 cm³/mol. The Balaban J connectivity index is 1.64. The van der Waals surface area contributed by atoms with Gasteiger partial charge in [0.2, 0.25) is 0 Å². The van der Waals surface area contributed by atoms with Crippen LogP contribution in [-0.4, -0.2) is 29.2 Å². The lowest BCUT2D eigenvalue weighted by Gasteiger charge is -2.25. The van der Waals surface area contributed by atoms with E-state index in [0.29, 0.717) is 17.1 Å². The molecule has 1 unspecified atom stereocenters. The van der Waals surface area contributed by atoms with E-state index in [1.54, 1.807) is 6.07 Å². The molecule has 1 aliphatic rings. The highest BCUT2D eigenvalue weighted by atomic mass is 19.1. The highest BCUT2D eigenvalue weighted by Gasteiger charge is 2.17. The van der Waals surface area contributed by atoms with Crippen molar-refractivity contribution in [3.8, 4) is 28.1 Å². The summed E-state index contributed by atoms with van der Waals surface area (Å²) in [6.45, 7) is 1.86. The average molecular weight is 364 g/mol. The van der Waals surface area contributed by atoms with Gasteiger partial charge in [-0.2, -0.15) is 0 Å². The molecule has 138 valence electrons. The Kier molecular flexibility index (Phi) is 4.98. The molecule has 4 rings (SSSR count). The van der Waals surface area contributed by atoms with Gasteiger partial charge in [-0.1, -0.05) is 24.3 Å². The fourth-order valence-corrected chi connectivity index (χ4v) is 3.28. The van der Waals surface area contributed by atoms with E-state index >= 15 is 0 Å². The van der Waals surface area contributed by atoms with Crippen molar-refractivity contribution in [2.75, 3.05) is 18.8 Å². The first-order chi connectivity index (χ1) is 13.2. The van der Waals surface area contributed by atoms with Gasteiger partial charge in [-0.05, 0) is 43.1 Å². The summed E-state index contributed by atoms with van der Waals surface area (Å²) in [5.41, 5.74) is 8.03. The van der Waals surface area contributed by atoms with E-state index in [4.69, 9.17) is 10.5 Å². The average Bonchev–Trinajstić information content (AvgIpc) is 2.70. The third-order valence-corrected chi connectivity index (χ3v) is 4.66. The second-order valence-corrected chi connectivity index (χ2v) is 6.60. The van der Waals surface area contributed by atoms with Crippen LogP contribution in [-0.2, 0) is 0 Å². The van der Waals surface area contributed by atoms with Crippen LogP contribution >= 0.6 is 0 Å². The summed E-state index contributed by atoms with van der Waals surface area (Å²) in [5.74, 6) is 0.713. The summed E-state index contributed by atoms with van der Waals surface area (Å²) in [6, 6.07) is 12.8. The molecule has 6 heteroatoms. The molecule has 0 saturated carbocycles. The number of hydrogen-bond acceptors (Lipinski definition) is 5. The molecule has 0 spiro atoms. The van der Waals surface area contributed by atoms with Crippen molar-refractivity contribution < 1.29 is 9.13 Å². The van der Waals surface area contributed by atoms with E-state index in [9.17, 15) is 4.39 Å². The first-order valence-corrected chi connectivity index (χ1v) is 9.05. The minimum absolute atomic E-state index is 0.133. The highest BCUT2D eigenvalue weighted by molar-refractivity contribution is 5.73. The van der Waals surface area contributed by atoms with Crippen molar-refractivity contribution in [1.29, 1.82) is 0 Å². The van der Waals surface area contributed by atoms with Gasteiger partial charge in [-0.15, -0.1) is 0 Å². The van der Waals surface area contributed by atoms with Gasteiger partial charge >= 0.3 is 0 Å². The number of benzene rings is 2. The lowest BCUT2D eigenvalue weighted by atomic mass is 10.0. The SMILES string of the molecule is Nc1cnc(-c2ccc(-c3ccccc3OC3CCCNC3)cc2F)cn1. The first kappa shape index (κ1) is 17.4. The quantitative estimate of drug-likeness (QED) is 0.739. The van der Waals surface area contributed by atoms with Crippen LogP contribution in [0, 0.1) is 5.82 Å². The summed E-state index contributed by atoms with van der Waals surface area (Å²) in [5, 5.41) is 3.35. The number of hydrogen-bond donors (Lipinski definition) is 2. The van der Waals surface area contributed by atoms with Crippen molar-refractivity contribution in [3.05, 3.63) is 60.7 Å². The van der Waals surface area contributed by atoms with Gasteiger partial charge in [-0.25, -0.2) is 9.37 Å². The Morgan fingerprint density at radius 2 is 1.96 bits per heavy atom. The summed E-state index contributed by atoms with van der Waals surface area (Å²) in [6.07, 6.45) is 5.14. The van der Waals surface area contributed by atoms with Gasteiger partial charge in [0.15, 0.2) is 0 Å². The zero-order valence-electron chi connectivity index (χ0n) is 14.9. The highest BCUT2D eigenvalue weighted by Crippen LogP contribution is 2.33. The Hall–Kier alpha value is -2.99. The molecule has 2 aromatic carbocycles. The summed E-state index contributed by atoms with van der Waals surface area (Å²) in [4.78, 5) is 8.13. The fourth-order valence-electron chi connectivity index (χ4n) is 3.28. The van der Waals surface area contributed by atoms with E-state index in [2.05, 4.69) is 15.3 Å². The maximum atomic E-state index is 14.8. The molecule has 0 aliphatic carbocycles. The smallest absolute Gasteiger partial charge is 0.141 e. The van der Waals surface area contributed by atoms with Gasteiger partial charge in [0.1, 0.15) is 23.5 Å². The van der Waals surface area contributed by atoms with Crippen LogP contribution in [0.3, 0.4) is 0 Å². The molecule has 1 atom stereocenters. The minimum atomic E-state index is -0.360. The zero-order chi connectivity index (χ0) is 18.6. The Labute approximate surface area is 157 Å². The van der Waals surface area contributed by atoms with Crippen LogP contribution in [0.2, 0.25) is 0 Å². The van der Waals surface area contributed by atoms with Crippen LogP contribution in [0.25, 0.3) is 22.4 Å². The molecule has 3 N–H and O–H groups in total. The molecule has 1 saturated heterocycles. The predicted octanol–water partition coefficient (Wildman–Crippen LogP) is 3.66. The number of rotatable bonds is 4. The third-order valence-electron chi connectivity index (χ3n) is 4.66. The van der Waals surface area contributed by atoms with Crippen LogP contribution in [0.15, 0.2) is 54.9 Å². The molecule has 2 heterocycles. The zero-order valence-corrected chi connectivity index (χ0v) is 14.9. The molecular formula is C21H21FN4O. The maximum absolute atomic E-state index is 14.8. The number of nitrogens with two attached hydrogens (primary N) is 1. The minimum Gasteiger partial charge on any atom is -0.488 e. The number of aromatic nitrogens is 2. The molecule has 1 fully saturated rings. The van der Waals surface area contributed by atoms with Crippen molar-refractivity contribution >= 4 is 5.82 Å². The number of piperidine rings is 1. The second kappa shape index (κ2) is 7.72.